The second kappa shape index (κ2) is 10.6. The Morgan fingerprint density at radius 2 is 2.00 bits per heavy atom. The molecule has 160 valence electrons. The van der Waals surface area contributed by atoms with Crippen LogP contribution in [0.4, 0.5) is 4.79 Å². The molecule has 0 aliphatic carbocycles. The number of ether oxygens (including phenoxy) is 1. The Hall–Kier alpha value is -1.05. The number of carbonyl (C=O) groups excluding carboxylic acids is 1. The van der Waals surface area contributed by atoms with Gasteiger partial charge in [-0.25, -0.2) is 4.79 Å². The third-order valence-electron chi connectivity index (χ3n) is 5.81. The van der Waals surface area contributed by atoms with Crippen LogP contribution in [0, 0.1) is 5.92 Å². The van der Waals surface area contributed by atoms with Gasteiger partial charge in [-0.15, -0.1) is 0 Å². The minimum Gasteiger partial charge on any atom is -0.478 e. The summed E-state index contributed by atoms with van der Waals surface area (Å²) in [6, 6.07) is -0.507. The Labute approximate surface area is 172 Å². The van der Waals surface area contributed by atoms with E-state index in [-0.39, 0.29) is 23.7 Å². The molecule has 3 N–H and O–H groups in total. The second-order valence-corrected chi connectivity index (χ2v) is 9.11. The van der Waals surface area contributed by atoms with Gasteiger partial charge >= 0.3 is 5.97 Å². The monoisotopic (exact) mass is 413 g/mol. The first-order chi connectivity index (χ1) is 13.3. The summed E-state index contributed by atoms with van der Waals surface area (Å²) in [6.07, 6.45) is 7.26. The normalized spacial score (nSPS) is 31.4. The van der Waals surface area contributed by atoms with Gasteiger partial charge in [-0.05, 0) is 38.5 Å². The maximum atomic E-state index is 12.1. The van der Waals surface area contributed by atoms with Crippen molar-refractivity contribution in [2.24, 2.45) is 5.92 Å². The lowest BCUT2D eigenvalue weighted by Gasteiger charge is -2.44. The molecule has 0 aromatic rings. The first kappa shape index (κ1) is 23.2. The molecule has 2 aliphatic heterocycles. The summed E-state index contributed by atoms with van der Waals surface area (Å²) in [5.74, 6) is -2.27. The second-order valence-electron chi connectivity index (χ2n) is 8.12. The largest absolute Gasteiger partial charge is 0.478 e. The number of carboxylic acids is 1. The quantitative estimate of drug-likeness (QED) is 0.361. The van der Waals surface area contributed by atoms with Crippen LogP contribution in [0.5, 0.6) is 0 Å². The van der Waals surface area contributed by atoms with Crippen LogP contribution < -0.4 is 5.32 Å². The predicted octanol–water partition coefficient (Wildman–Crippen LogP) is 4.47. The van der Waals surface area contributed by atoms with Gasteiger partial charge in [0.05, 0.1) is 12.1 Å². The molecule has 0 spiro atoms. The van der Waals surface area contributed by atoms with E-state index in [2.05, 4.69) is 19.2 Å². The topological polar surface area (TPSA) is 95.9 Å². The molecule has 4 atom stereocenters. The number of allylic oxidation sites excluding steroid dienone is 1. The molecule has 0 radical (unpaired) electrons. The standard InChI is InChI=1S/C21H35NO5S/c1-4-6-8-10-16-11-15(18(19(23)24)14(3)9-7-5-2)12-21(26,27-16)17-13-28-20(25)22-17/h15-17,26H,4-13H2,1-3H3,(H,22,25)(H,23,24)/t15-,16-,17+,21-/m1/s1. The number of aliphatic hydroxyl groups is 1. The molecule has 2 rings (SSSR count). The van der Waals surface area contributed by atoms with E-state index < -0.39 is 17.8 Å². The summed E-state index contributed by atoms with van der Waals surface area (Å²) < 4.78 is 6.09. The highest BCUT2D eigenvalue weighted by atomic mass is 32.2. The van der Waals surface area contributed by atoms with Gasteiger partial charge in [0.2, 0.25) is 0 Å². The van der Waals surface area contributed by atoms with Gasteiger partial charge in [-0.3, -0.25) is 4.79 Å². The first-order valence-electron chi connectivity index (χ1n) is 10.6. The van der Waals surface area contributed by atoms with E-state index in [0.717, 1.165) is 62.3 Å². The minimum atomic E-state index is -1.52. The Morgan fingerprint density at radius 3 is 2.57 bits per heavy atom. The predicted molar refractivity (Wildman–Crippen MR) is 111 cm³/mol. The molecule has 2 saturated heterocycles. The van der Waals surface area contributed by atoms with Gasteiger partial charge in [0.1, 0.15) is 0 Å². The molecule has 6 nitrogen and oxygen atoms in total. The molecule has 0 aromatic carbocycles. The molecule has 7 heteroatoms. The maximum Gasteiger partial charge on any atom is 0.331 e. The number of carbonyl (C=O) groups is 2. The van der Waals surface area contributed by atoms with Gasteiger partial charge in [0.15, 0.2) is 5.79 Å². The fourth-order valence-electron chi connectivity index (χ4n) is 4.29. The number of amides is 1. The van der Waals surface area contributed by atoms with E-state index in [1.807, 2.05) is 6.92 Å². The third kappa shape index (κ3) is 5.97. The van der Waals surface area contributed by atoms with Crippen molar-refractivity contribution in [1.82, 2.24) is 5.32 Å². The number of nitrogens with one attached hydrogen (secondary N) is 1. The molecule has 0 bridgehead atoms. The Kier molecular flexibility index (Phi) is 8.83. The zero-order valence-electron chi connectivity index (χ0n) is 17.3. The number of aliphatic carboxylic acids is 1. The fourth-order valence-corrected chi connectivity index (χ4v) is 5.18. The van der Waals surface area contributed by atoms with Crippen LogP contribution in [-0.4, -0.2) is 45.1 Å². The van der Waals surface area contributed by atoms with Gasteiger partial charge in [-0.1, -0.05) is 56.9 Å². The van der Waals surface area contributed by atoms with Crippen LogP contribution in [0.3, 0.4) is 0 Å². The van der Waals surface area contributed by atoms with Crippen molar-refractivity contribution < 1.29 is 24.5 Å². The Bertz CT molecular complexity index is 593. The van der Waals surface area contributed by atoms with Crippen LogP contribution >= 0.6 is 11.8 Å². The lowest BCUT2D eigenvalue weighted by Crippen LogP contribution is -2.57. The molecule has 28 heavy (non-hydrogen) atoms. The summed E-state index contributed by atoms with van der Waals surface area (Å²) in [6.45, 7) is 6.12. The van der Waals surface area contributed by atoms with Gasteiger partial charge in [0.25, 0.3) is 5.24 Å². The summed E-state index contributed by atoms with van der Waals surface area (Å²) >= 11 is 1.14. The lowest BCUT2D eigenvalue weighted by molar-refractivity contribution is -0.272. The van der Waals surface area contributed by atoms with Crippen molar-refractivity contribution in [3.63, 3.8) is 0 Å². The molecule has 0 saturated carbocycles. The molecular formula is C21H35NO5S. The average molecular weight is 414 g/mol. The molecule has 2 heterocycles. The highest BCUT2D eigenvalue weighted by Crippen LogP contribution is 2.42. The van der Waals surface area contributed by atoms with Crippen molar-refractivity contribution in [3.8, 4) is 0 Å². The average Bonchev–Trinajstić information content (AvgIpc) is 3.07. The van der Waals surface area contributed by atoms with Crippen molar-refractivity contribution >= 4 is 23.0 Å². The minimum absolute atomic E-state index is 0.167. The van der Waals surface area contributed by atoms with Crippen LogP contribution in [0.25, 0.3) is 0 Å². The molecule has 1 amide bonds. The fraction of sp³-hybridized carbons (Fsp3) is 0.810. The van der Waals surface area contributed by atoms with E-state index >= 15 is 0 Å². The smallest absolute Gasteiger partial charge is 0.331 e. The molecule has 0 unspecified atom stereocenters. The maximum absolute atomic E-state index is 12.1. The number of hydrogen-bond acceptors (Lipinski definition) is 5. The van der Waals surface area contributed by atoms with Gasteiger partial charge in [-0.2, -0.15) is 0 Å². The lowest BCUT2D eigenvalue weighted by atomic mass is 9.79. The van der Waals surface area contributed by atoms with E-state index in [4.69, 9.17) is 4.74 Å². The third-order valence-corrected chi connectivity index (χ3v) is 6.69. The molecule has 2 fully saturated rings. The highest BCUT2D eigenvalue weighted by Gasteiger charge is 2.49. The van der Waals surface area contributed by atoms with Crippen molar-refractivity contribution in [2.75, 3.05) is 5.75 Å². The van der Waals surface area contributed by atoms with Crippen LogP contribution in [0.2, 0.25) is 0 Å². The summed E-state index contributed by atoms with van der Waals surface area (Å²) in [5.41, 5.74) is 1.31. The van der Waals surface area contributed by atoms with E-state index in [9.17, 15) is 19.8 Å². The van der Waals surface area contributed by atoms with E-state index in [1.165, 1.54) is 0 Å². The number of rotatable bonds is 10. The number of carboxylic acid groups (broad SMARTS) is 1. The van der Waals surface area contributed by atoms with Crippen molar-refractivity contribution in [1.29, 1.82) is 0 Å². The zero-order chi connectivity index (χ0) is 20.7. The van der Waals surface area contributed by atoms with E-state index in [0.29, 0.717) is 17.7 Å². The van der Waals surface area contributed by atoms with Crippen LogP contribution in [-0.2, 0) is 9.53 Å². The van der Waals surface area contributed by atoms with Crippen molar-refractivity contribution in [2.45, 2.75) is 96.5 Å². The SMILES string of the molecule is CCCCC[C@@H]1C[C@@H](C(C(=O)O)=C(C)CCCC)C[C@](O)([C@@H]2CSC(=O)N2)O1. The van der Waals surface area contributed by atoms with Crippen molar-refractivity contribution in [3.05, 3.63) is 11.1 Å². The zero-order valence-corrected chi connectivity index (χ0v) is 18.1. The van der Waals surface area contributed by atoms with E-state index in [1.54, 1.807) is 0 Å². The molecule has 2 aliphatic rings. The van der Waals surface area contributed by atoms with Gasteiger partial charge < -0.3 is 20.3 Å². The number of unbranched alkanes of at least 4 members (excludes halogenated alkanes) is 3. The summed E-state index contributed by atoms with van der Waals surface area (Å²) in [7, 11) is 0. The summed E-state index contributed by atoms with van der Waals surface area (Å²) in [4.78, 5) is 23.8. The van der Waals surface area contributed by atoms with Crippen LogP contribution in [0.1, 0.15) is 78.6 Å². The number of thioether (sulfide) groups is 1. The summed E-state index contributed by atoms with van der Waals surface area (Å²) in [5, 5.41) is 23.9. The molecular weight excluding hydrogens is 378 g/mol. The Morgan fingerprint density at radius 1 is 1.29 bits per heavy atom. The van der Waals surface area contributed by atoms with Crippen LogP contribution in [0.15, 0.2) is 11.1 Å². The highest BCUT2D eigenvalue weighted by molar-refractivity contribution is 8.14. The molecule has 0 aromatic heterocycles. The van der Waals surface area contributed by atoms with Gasteiger partial charge in [0, 0.05) is 17.7 Å². The first-order valence-corrected chi connectivity index (χ1v) is 11.6. The Balaban J connectivity index is 2.27. The number of hydrogen-bond donors (Lipinski definition) is 3.